The Morgan fingerprint density at radius 2 is 2.08 bits per heavy atom. The van der Waals surface area contributed by atoms with E-state index in [4.69, 9.17) is 5.11 Å². The molecule has 2 nitrogen and oxygen atoms in total. The molecule has 0 saturated heterocycles. The zero-order valence-corrected chi connectivity index (χ0v) is 7.35. The molecular formula is C10H16O2. The first-order chi connectivity index (χ1) is 5.74. The molecule has 0 radical (unpaired) electrons. The minimum atomic E-state index is -0.276. The number of hydrogen-bond acceptors (Lipinski definition) is 2. The van der Waals surface area contributed by atoms with Crippen molar-refractivity contribution in [3.8, 4) is 0 Å². The van der Waals surface area contributed by atoms with Crippen LogP contribution in [0.25, 0.3) is 0 Å². The first-order valence-electron chi connectivity index (χ1n) is 4.71. The second-order valence-corrected chi connectivity index (χ2v) is 4.11. The van der Waals surface area contributed by atoms with Crippen LogP contribution in [-0.4, -0.2) is 22.9 Å². The lowest BCUT2D eigenvalue weighted by Gasteiger charge is -2.28. The van der Waals surface area contributed by atoms with E-state index >= 15 is 0 Å². The molecule has 12 heavy (non-hydrogen) atoms. The Balaban J connectivity index is 2.17. The maximum absolute atomic E-state index is 9.53. The Kier molecular flexibility index (Phi) is 1.97. The van der Waals surface area contributed by atoms with E-state index in [9.17, 15) is 5.11 Å². The molecule has 2 aliphatic carbocycles. The third kappa shape index (κ3) is 1.02. The smallest absolute Gasteiger partial charge is 0.0549 e. The summed E-state index contributed by atoms with van der Waals surface area (Å²) in [6.45, 7) is 2.06. The summed E-state index contributed by atoms with van der Waals surface area (Å²) in [6.07, 6.45) is 5.27. The van der Waals surface area contributed by atoms with E-state index in [2.05, 4.69) is 12.2 Å². The van der Waals surface area contributed by atoms with Gasteiger partial charge in [0.15, 0.2) is 0 Å². The normalized spacial score (nSPS) is 46.9. The lowest BCUT2D eigenvalue weighted by molar-refractivity contribution is 0.0537. The van der Waals surface area contributed by atoms with Gasteiger partial charge in [-0.3, -0.25) is 0 Å². The molecule has 5 atom stereocenters. The third-order valence-electron chi connectivity index (χ3n) is 3.46. The quantitative estimate of drug-likeness (QED) is 0.599. The lowest BCUT2D eigenvalue weighted by atomic mass is 9.80. The Bertz CT molecular complexity index is 198. The second kappa shape index (κ2) is 2.86. The van der Waals surface area contributed by atoms with Crippen molar-refractivity contribution in [2.45, 2.75) is 19.4 Å². The highest BCUT2D eigenvalue weighted by molar-refractivity contribution is 5.14. The molecule has 0 aliphatic heterocycles. The van der Waals surface area contributed by atoms with E-state index in [0.717, 1.165) is 6.42 Å². The zero-order chi connectivity index (χ0) is 8.72. The Morgan fingerprint density at radius 1 is 1.42 bits per heavy atom. The van der Waals surface area contributed by atoms with Crippen LogP contribution in [0.1, 0.15) is 13.3 Å². The van der Waals surface area contributed by atoms with Crippen LogP contribution in [0.15, 0.2) is 12.2 Å². The fraction of sp³-hybridized carbons (Fsp3) is 0.800. The van der Waals surface area contributed by atoms with E-state index in [1.54, 1.807) is 0 Å². The minimum Gasteiger partial charge on any atom is -0.396 e. The SMILES string of the molecule is C[C@H](O)[C@H]1[C@@H](CO)[C@H]2C=C[C@@H]1C2. The molecule has 2 bridgehead atoms. The molecule has 0 amide bonds. The summed E-state index contributed by atoms with van der Waals surface area (Å²) in [5.74, 6) is 1.65. The Morgan fingerprint density at radius 3 is 2.58 bits per heavy atom. The van der Waals surface area contributed by atoms with Gasteiger partial charge in [-0.05, 0) is 37.0 Å². The largest absolute Gasteiger partial charge is 0.396 e. The van der Waals surface area contributed by atoms with Gasteiger partial charge in [-0.15, -0.1) is 0 Å². The number of hydrogen-bond donors (Lipinski definition) is 2. The fourth-order valence-corrected chi connectivity index (χ4v) is 2.94. The highest BCUT2D eigenvalue weighted by Gasteiger charge is 2.45. The van der Waals surface area contributed by atoms with Crippen LogP contribution in [0.4, 0.5) is 0 Å². The zero-order valence-electron chi connectivity index (χ0n) is 7.35. The number of aliphatic hydroxyl groups is 2. The first kappa shape index (κ1) is 8.27. The van der Waals surface area contributed by atoms with Crippen LogP contribution in [0.2, 0.25) is 0 Å². The highest BCUT2D eigenvalue weighted by atomic mass is 16.3. The molecule has 0 spiro atoms. The Labute approximate surface area is 72.9 Å². The van der Waals surface area contributed by atoms with Gasteiger partial charge in [0.05, 0.1) is 6.10 Å². The maximum Gasteiger partial charge on any atom is 0.0549 e. The molecule has 1 saturated carbocycles. The van der Waals surface area contributed by atoms with Gasteiger partial charge in [-0.1, -0.05) is 12.2 Å². The number of rotatable bonds is 2. The molecule has 0 unspecified atom stereocenters. The summed E-state index contributed by atoms with van der Waals surface area (Å²) in [7, 11) is 0. The summed E-state index contributed by atoms with van der Waals surface area (Å²) in [5, 5.41) is 18.7. The van der Waals surface area contributed by atoms with Crippen molar-refractivity contribution in [2.24, 2.45) is 23.7 Å². The van der Waals surface area contributed by atoms with Gasteiger partial charge in [0, 0.05) is 6.61 Å². The van der Waals surface area contributed by atoms with Crippen molar-refractivity contribution < 1.29 is 10.2 Å². The average molecular weight is 168 g/mol. The van der Waals surface area contributed by atoms with E-state index in [-0.39, 0.29) is 12.7 Å². The van der Waals surface area contributed by atoms with Gasteiger partial charge in [-0.25, -0.2) is 0 Å². The first-order valence-corrected chi connectivity index (χ1v) is 4.71. The molecular weight excluding hydrogens is 152 g/mol. The van der Waals surface area contributed by atoms with Crippen molar-refractivity contribution in [1.29, 1.82) is 0 Å². The topological polar surface area (TPSA) is 40.5 Å². The molecule has 2 heteroatoms. The number of aliphatic hydroxyl groups excluding tert-OH is 2. The molecule has 0 aromatic carbocycles. The van der Waals surface area contributed by atoms with Gasteiger partial charge in [0.2, 0.25) is 0 Å². The van der Waals surface area contributed by atoms with Crippen molar-refractivity contribution in [2.75, 3.05) is 6.61 Å². The molecule has 0 aromatic heterocycles. The van der Waals surface area contributed by atoms with Crippen LogP contribution in [0, 0.1) is 23.7 Å². The third-order valence-corrected chi connectivity index (χ3v) is 3.46. The lowest BCUT2D eigenvalue weighted by Crippen LogP contribution is -2.31. The van der Waals surface area contributed by atoms with Gasteiger partial charge >= 0.3 is 0 Å². The highest BCUT2D eigenvalue weighted by Crippen LogP contribution is 2.48. The number of allylic oxidation sites excluding steroid dienone is 2. The fourth-order valence-electron chi connectivity index (χ4n) is 2.94. The molecule has 2 N–H and O–H groups in total. The van der Waals surface area contributed by atoms with Crippen molar-refractivity contribution in [3.63, 3.8) is 0 Å². The van der Waals surface area contributed by atoms with Crippen molar-refractivity contribution >= 4 is 0 Å². The van der Waals surface area contributed by atoms with Gasteiger partial charge < -0.3 is 10.2 Å². The summed E-state index contributed by atoms with van der Waals surface area (Å²) < 4.78 is 0. The molecule has 68 valence electrons. The van der Waals surface area contributed by atoms with E-state index < -0.39 is 0 Å². The summed E-state index contributed by atoms with van der Waals surface area (Å²) in [5.41, 5.74) is 0. The predicted molar refractivity (Wildman–Crippen MR) is 46.5 cm³/mol. The standard InChI is InChI=1S/C10H16O2/c1-6(12)10-8-3-2-7(4-8)9(10)5-11/h2-3,6-12H,4-5H2,1H3/t6-,7-,8+,9-,10+/m0/s1. The molecule has 1 fully saturated rings. The van der Waals surface area contributed by atoms with Crippen LogP contribution >= 0.6 is 0 Å². The van der Waals surface area contributed by atoms with Gasteiger partial charge in [0.25, 0.3) is 0 Å². The van der Waals surface area contributed by atoms with Crippen LogP contribution in [0.5, 0.6) is 0 Å². The molecule has 0 heterocycles. The second-order valence-electron chi connectivity index (χ2n) is 4.11. The van der Waals surface area contributed by atoms with Crippen LogP contribution < -0.4 is 0 Å². The van der Waals surface area contributed by atoms with Crippen molar-refractivity contribution in [1.82, 2.24) is 0 Å². The van der Waals surface area contributed by atoms with E-state index in [1.807, 2.05) is 6.92 Å². The Hall–Kier alpha value is -0.340. The van der Waals surface area contributed by atoms with E-state index in [0.29, 0.717) is 23.7 Å². The predicted octanol–water partition coefficient (Wildman–Crippen LogP) is 0.798. The maximum atomic E-state index is 9.53. The molecule has 2 aliphatic rings. The number of fused-ring (bicyclic) bond motifs is 2. The monoisotopic (exact) mass is 168 g/mol. The van der Waals surface area contributed by atoms with Gasteiger partial charge in [-0.2, -0.15) is 0 Å². The van der Waals surface area contributed by atoms with Crippen LogP contribution in [0.3, 0.4) is 0 Å². The average Bonchev–Trinajstić information content (AvgIpc) is 2.60. The molecule has 0 aromatic rings. The molecule has 2 rings (SSSR count). The summed E-state index contributed by atoms with van der Waals surface area (Å²) in [4.78, 5) is 0. The van der Waals surface area contributed by atoms with Crippen molar-refractivity contribution in [3.05, 3.63) is 12.2 Å². The summed E-state index contributed by atoms with van der Waals surface area (Å²) >= 11 is 0. The van der Waals surface area contributed by atoms with E-state index in [1.165, 1.54) is 0 Å². The van der Waals surface area contributed by atoms with Crippen LogP contribution in [-0.2, 0) is 0 Å². The minimum absolute atomic E-state index is 0.223. The van der Waals surface area contributed by atoms with Gasteiger partial charge in [0.1, 0.15) is 0 Å². The summed E-state index contributed by atoms with van der Waals surface area (Å²) in [6, 6.07) is 0.